The molecule has 0 amide bonds. The molecule has 0 N–H and O–H groups in total. The summed E-state index contributed by atoms with van der Waals surface area (Å²) in [6.07, 6.45) is 2.82. The van der Waals surface area contributed by atoms with Crippen molar-refractivity contribution in [1.82, 2.24) is 5.16 Å². The standard InChI is InChI=1S/C13H19NO3S/c1-9-11(10(2)17-14-9)7-18-8-13(4-5-13)6-12(15)16-3/h4-8H2,1-3H3. The van der Waals surface area contributed by atoms with Gasteiger partial charge in [-0.1, -0.05) is 5.16 Å². The molecule has 1 saturated carbocycles. The summed E-state index contributed by atoms with van der Waals surface area (Å²) in [5, 5.41) is 3.95. The minimum absolute atomic E-state index is 0.0922. The van der Waals surface area contributed by atoms with Crippen molar-refractivity contribution in [2.75, 3.05) is 12.9 Å². The third kappa shape index (κ3) is 3.07. The molecule has 0 bridgehead atoms. The van der Waals surface area contributed by atoms with Crippen LogP contribution < -0.4 is 0 Å². The Bertz CT molecular complexity index is 418. The molecule has 4 nitrogen and oxygen atoms in total. The first-order valence-corrected chi connectivity index (χ1v) is 7.28. The number of rotatable bonds is 6. The monoisotopic (exact) mass is 269 g/mol. The Morgan fingerprint density at radius 1 is 1.50 bits per heavy atom. The lowest BCUT2D eigenvalue weighted by molar-refractivity contribution is -0.141. The lowest BCUT2D eigenvalue weighted by Crippen LogP contribution is -2.13. The summed E-state index contributed by atoms with van der Waals surface area (Å²) in [6, 6.07) is 0. The molecule has 0 radical (unpaired) electrons. The second-order valence-electron chi connectivity index (χ2n) is 5.05. The number of hydrogen-bond donors (Lipinski definition) is 0. The molecule has 1 heterocycles. The van der Waals surface area contributed by atoms with Crippen LogP contribution in [-0.4, -0.2) is 24.0 Å². The Labute approximate surface area is 111 Å². The normalized spacial score (nSPS) is 16.6. The number of carbonyl (C=O) groups excluding carboxylic acids is 1. The highest BCUT2D eigenvalue weighted by atomic mass is 32.2. The van der Waals surface area contributed by atoms with Crippen molar-refractivity contribution in [3.63, 3.8) is 0 Å². The van der Waals surface area contributed by atoms with Gasteiger partial charge in [0.1, 0.15) is 5.76 Å². The van der Waals surface area contributed by atoms with Gasteiger partial charge in [-0.05, 0) is 37.9 Å². The Hall–Kier alpha value is -0.970. The van der Waals surface area contributed by atoms with E-state index in [0.29, 0.717) is 6.42 Å². The van der Waals surface area contributed by atoms with Gasteiger partial charge in [0.25, 0.3) is 0 Å². The quantitative estimate of drug-likeness (QED) is 0.743. The van der Waals surface area contributed by atoms with Crippen LogP contribution in [-0.2, 0) is 15.3 Å². The van der Waals surface area contributed by atoms with E-state index in [1.807, 2.05) is 25.6 Å². The van der Waals surface area contributed by atoms with Gasteiger partial charge >= 0.3 is 5.97 Å². The molecule has 1 aromatic heterocycles. The summed E-state index contributed by atoms with van der Waals surface area (Å²) in [7, 11) is 1.45. The van der Waals surface area contributed by atoms with Gasteiger partial charge in [0.15, 0.2) is 0 Å². The molecule has 0 unspecified atom stereocenters. The highest BCUT2D eigenvalue weighted by Crippen LogP contribution is 2.51. The van der Waals surface area contributed by atoms with Gasteiger partial charge < -0.3 is 9.26 Å². The minimum atomic E-state index is -0.0922. The molecular weight excluding hydrogens is 250 g/mol. The molecule has 5 heteroatoms. The molecular formula is C13H19NO3S. The summed E-state index contributed by atoms with van der Waals surface area (Å²) in [5.74, 6) is 2.72. The number of aromatic nitrogens is 1. The van der Waals surface area contributed by atoms with Crippen LogP contribution in [0.25, 0.3) is 0 Å². The fraction of sp³-hybridized carbons (Fsp3) is 0.692. The van der Waals surface area contributed by atoms with Crippen LogP contribution in [0.15, 0.2) is 4.52 Å². The predicted molar refractivity (Wildman–Crippen MR) is 70.4 cm³/mol. The number of nitrogens with zero attached hydrogens (tertiary/aromatic N) is 1. The zero-order chi connectivity index (χ0) is 13.2. The van der Waals surface area contributed by atoms with Crippen LogP contribution in [0.2, 0.25) is 0 Å². The van der Waals surface area contributed by atoms with E-state index in [2.05, 4.69) is 5.16 Å². The molecule has 18 heavy (non-hydrogen) atoms. The van der Waals surface area contributed by atoms with Crippen LogP contribution in [0.5, 0.6) is 0 Å². The van der Waals surface area contributed by atoms with E-state index in [9.17, 15) is 4.79 Å². The molecule has 0 aromatic carbocycles. The van der Waals surface area contributed by atoms with Crippen LogP contribution >= 0.6 is 11.8 Å². The van der Waals surface area contributed by atoms with E-state index < -0.39 is 0 Å². The number of thioether (sulfide) groups is 1. The third-order valence-corrected chi connectivity index (χ3v) is 4.85. The van der Waals surface area contributed by atoms with Crippen LogP contribution in [0.3, 0.4) is 0 Å². The number of aryl methyl sites for hydroxylation is 2. The van der Waals surface area contributed by atoms with Gasteiger partial charge in [-0.2, -0.15) is 11.8 Å². The lowest BCUT2D eigenvalue weighted by atomic mass is 10.1. The van der Waals surface area contributed by atoms with E-state index in [1.54, 1.807) is 0 Å². The first-order valence-electron chi connectivity index (χ1n) is 6.13. The summed E-state index contributed by atoms with van der Waals surface area (Å²) in [6.45, 7) is 3.91. The predicted octanol–water partition coefficient (Wildman–Crippen LogP) is 2.87. The minimum Gasteiger partial charge on any atom is -0.469 e. The number of ether oxygens (including phenoxy) is 1. The molecule has 1 aromatic rings. The van der Waals surface area contributed by atoms with Crippen molar-refractivity contribution in [2.45, 2.75) is 38.9 Å². The van der Waals surface area contributed by atoms with E-state index in [-0.39, 0.29) is 11.4 Å². The molecule has 2 rings (SSSR count). The zero-order valence-corrected chi connectivity index (χ0v) is 11.9. The van der Waals surface area contributed by atoms with E-state index >= 15 is 0 Å². The van der Waals surface area contributed by atoms with Crippen molar-refractivity contribution in [3.05, 3.63) is 17.0 Å². The largest absolute Gasteiger partial charge is 0.469 e. The van der Waals surface area contributed by atoms with E-state index in [1.165, 1.54) is 12.7 Å². The molecule has 0 atom stereocenters. The van der Waals surface area contributed by atoms with Crippen LogP contribution in [0.1, 0.15) is 36.3 Å². The second-order valence-corrected chi connectivity index (χ2v) is 6.03. The van der Waals surface area contributed by atoms with Crippen molar-refractivity contribution in [3.8, 4) is 0 Å². The van der Waals surface area contributed by atoms with Crippen molar-refractivity contribution in [2.24, 2.45) is 5.41 Å². The summed E-state index contributed by atoms with van der Waals surface area (Å²) in [5.41, 5.74) is 2.35. The second kappa shape index (κ2) is 5.34. The van der Waals surface area contributed by atoms with Gasteiger partial charge in [-0.15, -0.1) is 0 Å². The lowest BCUT2D eigenvalue weighted by Gasteiger charge is -2.12. The van der Waals surface area contributed by atoms with Gasteiger partial charge in [0, 0.05) is 11.3 Å². The molecule has 1 aliphatic carbocycles. The summed E-state index contributed by atoms with van der Waals surface area (Å²) >= 11 is 1.85. The maximum atomic E-state index is 11.3. The third-order valence-electron chi connectivity index (χ3n) is 3.54. The van der Waals surface area contributed by atoms with Gasteiger partial charge in [-0.25, -0.2) is 0 Å². The van der Waals surface area contributed by atoms with Gasteiger partial charge in [0.05, 0.1) is 19.2 Å². The van der Waals surface area contributed by atoms with Gasteiger partial charge in [0.2, 0.25) is 0 Å². The van der Waals surface area contributed by atoms with Crippen molar-refractivity contribution >= 4 is 17.7 Å². The highest BCUT2D eigenvalue weighted by molar-refractivity contribution is 7.98. The molecule has 1 aliphatic rings. The smallest absolute Gasteiger partial charge is 0.306 e. The zero-order valence-electron chi connectivity index (χ0n) is 11.1. The van der Waals surface area contributed by atoms with Crippen molar-refractivity contribution < 1.29 is 14.1 Å². The SMILES string of the molecule is COC(=O)CC1(CSCc2c(C)noc2C)CC1. The molecule has 1 fully saturated rings. The summed E-state index contributed by atoms with van der Waals surface area (Å²) < 4.78 is 9.88. The maximum Gasteiger partial charge on any atom is 0.306 e. The number of methoxy groups -OCH3 is 1. The van der Waals surface area contributed by atoms with Crippen molar-refractivity contribution in [1.29, 1.82) is 0 Å². The summed E-state index contributed by atoms with van der Waals surface area (Å²) in [4.78, 5) is 11.3. The molecule has 0 spiro atoms. The first kappa shape index (κ1) is 13.5. The van der Waals surface area contributed by atoms with Gasteiger partial charge in [-0.3, -0.25) is 4.79 Å². The molecule has 0 saturated heterocycles. The average molecular weight is 269 g/mol. The topological polar surface area (TPSA) is 52.3 Å². The fourth-order valence-corrected chi connectivity index (χ4v) is 3.55. The number of hydrogen-bond acceptors (Lipinski definition) is 5. The Kier molecular flexibility index (Phi) is 4.00. The maximum absolute atomic E-state index is 11.3. The molecule has 100 valence electrons. The Balaban J connectivity index is 1.81. The Morgan fingerprint density at radius 2 is 2.22 bits per heavy atom. The fourth-order valence-electron chi connectivity index (χ4n) is 2.00. The average Bonchev–Trinajstić information content (AvgIpc) is 3.03. The highest BCUT2D eigenvalue weighted by Gasteiger charge is 2.44. The van der Waals surface area contributed by atoms with Crippen LogP contribution in [0, 0.1) is 19.3 Å². The van der Waals surface area contributed by atoms with Crippen LogP contribution in [0.4, 0.5) is 0 Å². The van der Waals surface area contributed by atoms with E-state index in [4.69, 9.17) is 9.26 Å². The number of esters is 1. The molecule has 0 aliphatic heterocycles. The number of carbonyl (C=O) groups is 1. The Morgan fingerprint density at radius 3 is 2.72 bits per heavy atom. The van der Waals surface area contributed by atoms with E-state index in [0.717, 1.165) is 35.8 Å². The first-order chi connectivity index (χ1) is 8.56.